The van der Waals surface area contributed by atoms with E-state index in [-0.39, 0.29) is 12.3 Å². The Hall–Kier alpha value is -3.41. The third kappa shape index (κ3) is 5.81. The molecule has 28 heavy (non-hydrogen) atoms. The number of carbonyl (C=O) groups excluding carboxylic acids is 1. The second kappa shape index (κ2) is 8.99. The van der Waals surface area contributed by atoms with Crippen LogP contribution in [-0.4, -0.2) is 22.5 Å². The second-order valence-electron chi connectivity index (χ2n) is 6.64. The molecule has 0 radical (unpaired) electrons. The van der Waals surface area contributed by atoms with E-state index in [1.165, 1.54) is 5.56 Å². The maximum absolute atomic E-state index is 12.1. The van der Waals surface area contributed by atoms with Crippen molar-refractivity contribution < 1.29 is 9.53 Å². The largest absolute Gasteiger partial charge is 0.493 e. The summed E-state index contributed by atoms with van der Waals surface area (Å²) in [6.45, 7) is 6.22. The van der Waals surface area contributed by atoms with Crippen molar-refractivity contribution in [2.24, 2.45) is 0 Å². The molecule has 144 valence electrons. The Balaban J connectivity index is 1.48. The molecular weight excluding hydrogens is 352 g/mol. The number of benzene rings is 2. The molecule has 1 aromatic heterocycles. The number of nitrogens with one attached hydrogen (secondary N) is 2. The summed E-state index contributed by atoms with van der Waals surface area (Å²) in [6.07, 6.45) is 0.282. The van der Waals surface area contributed by atoms with E-state index in [9.17, 15) is 4.79 Å². The second-order valence-corrected chi connectivity index (χ2v) is 6.64. The van der Waals surface area contributed by atoms with Crippen molar-refractivity contribution >= 4 is 23.2 Å². The van der Waals surface area contributed by atoms with Crippen molar-refractivity contribution in [1.29, 1.82) is 0 Å². The van der Waals surface area contributed by atoms with E-state index in [0.29, 0.717) is 12.6 Å². The molecule has 0 spiro atoms. The Labute approximate surface area is 165 Å². The van der Waals surface area contributed by atoms with Gasteiger partial charge >= 0.3 is 0 Å². The monoisotopic (exact) mass is 376 g/mol. The number of amides is 1. The molecule has 3 rings (SSSR count). The maximum atomic E-state index is 12.1. The molecule has 0 bridgehead atoms. The normalized spacial score (nSPS) is 10.4. The zero-order valence-electron chi connectivity index (χ0n) is 16.3. The molecule has 0 atom stereocenters. The van der Waals surface area contributed by atoms with Gasteiger partial charge in [0, 0.05) is 22.8 Å². The van der Waals surface area contributed by atoms with Crippen LogP contribution in [0.5, 0.6) is 5.75 Å². The Bertz CT molecular complexity index is 918. The summed E-state index contributed by atoms with van der Waals surface area (Å²) in [6, 6.07) is 17.1. The van der Waals surface area contributed by atoms with Gasteiger partial charge in [-0.2, -0.15) is 0 Å². The number of anilines is 3. The van der Waals surface area contributed by atoms with Gasteiger partial charge in [-0.1, -0.05) is 17.7 Å². The molecule has 0 saturated heterocycles. The highest BCUT2D eigenvalue weighted by Crippen LogP contribution is 2.17. The number of ether oxygens (including phenoxy) is 1. The van der Waals surface area contributed by atoms with E-state index in [4.69, 9.17) is 4.74 Å². The lowest BCUT2D eigenvalue weighted by Crippen LogP contribution is -2.15. The molecule has 1 heterocycles. The lowest BCUT2D eigenvalue weighted by Gasteiger charge is -2.09. The van der Waals surface area contributed by atoms with Gasteiger partial charge in [0.05, 0.1) is 13.0 Å². The zero-order chi connectivity index (χ0) is 19.9. The highest BCUT2D eigenvalue weighted by atomic mass is 16.5. The average molecular weight is 376 g/mol. The fourth-order valence-electron chi connectivity index (χ4n) is 2.67. The maximum Gasteiger partial charge on any atom is 0.227 e. The summed E-state index contributed by atoms with van der Waals surface area (Å²) >= 11 is 0. The number of rotatable bonds is 7. The van der Waals surface area contributed by atoms with E-state index in [2.05, 4.69) is 20.6 Å². The van der Waals surface area contributed by atoms with Crippen LogP contribution < -0.4 is 15.4 Å². The van der Waals surface area contributed by atoms with Crippen LogP contribution >= 0.6 is 0 Å². The highest BCUT2D eigenvalue weighted by Gasteiger charge is 2.05. The number of aromatic nitrogens is 2. The van der Waals surface area contributed by atoms with Crippen LogP contribution in [0.15, 0.2) is 54.6 Å². The van der Waals surface area contributed by atoms with E-state index in [1.807, 2.05) is 75.4 Å². The van der Waals surface area contributed by atoms with Crippen molar-refractivity contribution in [2.45, 2.75) is 27.2 Å². The Morgan fingerprint density at radius 2 is 1.50 bits per heavy atom. The van der Waals surface area contributed by atoms with Gasteiger partial charge in [0.15, 0.2) is 0 Å². The summed E-state index contributed by atoms with van der Waals surface area (Å²) in [7, 11) is 0. The van der Waals surface area contributed by atoms with Crippen LogP contribution in [0.4, 0.5) is 17.3 Å². The predicted molar refractivity (Wildman–Crippen MR) is 111 cm³/mol. The van der Waals surface area contributed by atoms with Crippen LogP contribution in [0.3, 0.4) is 0 Å². The molecule has 2 N–H and O–H groups in total. The molecule has 2 aromatic carbocycles. The van der Waals surface area contributed by atoms with Gasteiger partial charge < -0.3 is 15.4 Å². The van der Waals surface area contributed by atoms with E-state index in [1.54, 1.807) is 0 Å². The first-order chi connectivity index (χ1) is 13.5. The predicted octanol–water partition coefficient (Wildman–Crippen LogP) is 4.55. The fourth-order valence-corrected chi connectivity index (χ4v) is 2.67. The van der Waals surface area contributed by atoms with E-state index < -0.39 is 0 Å². The third-order valence-corrected chi connectivity index (χ3v) is 4.03. The van der Waals surface area contributed by atoms with E-state index in [0.717, 1.165) is 28.5 Å². The van der Waals surface area contributed by atoms with Gasteiger partial charge in [0.25, 0.3) is 0 Å². The van der Waals surface area contributed by atoms with Crippen LogP contribution in [-0.2, 0) is 4.79 Å². The number of carbonyl (C=O) groups is 1. The van der Waals surface area contributed by atoms with Gasteiger partial charge in [0.2, 0.25) is 11.9 Å². The first-order valence-electron chi connectivity index (χ1n) is 9.16. The Kier molecular flexibility index (Phi) is 6.22. The molecule has 0 unspecified atom stereocenters. The minimum Gasteiger partial charge on any atom is -0.493 e. The summed E-state index contributed by atoms with van der Waals surface area (Å²) in [5.74, 6) is 1.23. The molecule has 3 aromatic rings. The minimum atomic E-state index is -0.0922. The average Bonchev–Trinajstić information content (AvgIpc) is 2.64. The van der Waals surface area contributed by atoms with Crippen molar-refractivity contribution in [3.05, 3.63) is 71.5 Å². The quantitative estimate of drug-likeness (QED) is 0.632. The first kappa shape index (κ1) is 19.4. The smallest absolute Gasteiger partial charge is 0.227 e. The number of hydrogen-bond donors (Lipinski definition) is 2. The molecule has 0 aliphatic heterocycles. The standard InChI is InChI=1S/C22H24N4O2/c1-15-4-10-20(11-5-15)28-13-12-21(27)25-18-6-8-19(9-7-18)26-22-23-16(2)14-17(3)24-22/h4-11,14H,12-13H2,1-3H3,(H,25,27)(H,23,24,26). The lowest BCUT2D eigenvalue weighted by atomic mass is 10.2. The molecule has 0 aliphatic rings. The molecule has 0 aliphatic carbocycles. The Morgan fingerprint density at radius 3 is 2.14 bits per heavy atom. The minimum absolute atomic E-state index is 0.0922. The molecule has 0 fully saturated rings. The number of hydrogen-bond acceptors (Lipinski definition) is 5. The molecule has 0 saturated carbocycles. The molecule has 6 nitrogen and oxygen atoms in total. The topological polar surface area (TPSA) is 76.1 Å². The Morgan fingerprint density at radius 1 is 0.893 bits per heavy atom. The number of nitrogens with zero attached hydrogens (tertiary/aromatic N) is 2. The van der Waals surface area contributed by atoms with E-state index >= 15 is 0 Å². The van der Waals surface area contributed by atoms with Crippen molar-refractivity contribution in [1.82, 2.24) is 9.97 Å². The van der Waals surface area contributed by atoms with Crippen molar-refractivity contribution in [3.8, 4) is 5.75 Å². The van der Waals surface area contributed by atoms with Gasteiger partial charge in [-0.15, -0.1) is 0 Å². The van der Waals surface area contributed by atoms with Crippen LogP contribution in [0.25, 0.3) is 0 Å². The summed E-state index contributed by atoms with van der Waals surface area (Å²) in [5, 5.41) is 6.04. The molecule has 1 amide bonds. The summed E-state index contributed by atoms with van der Waals surface area (Å²) in [4.78, 5) is 20.8. The van der Waals surface area contributed by atoms with Gasteiger partial charge in [-0.05, 0) is 63.2 Å². The SMILES string of the molecule is Cc1ccc(OCCC(=O)Nc2ccc(Nc3nc(C)cc(C)n3)cc2)cc1. The van der Waals surface area contributed by atoms with Gasteiger partial charge in [-0.25, -0.2) is 9.97 Å². The summed E-state index contributed by atoms with van der Waals surface area (Å²) < 4.78 is 5.59. The lowest BCUT2D eigenvalue weighted by molar-refractivity contribution is -0.116. The van der Waals surface area contributed by atoms with Crippen LogP contribution in [0, 0.1) is 20.8 Å². The first-order valence-corrected chi connectivity index (χ1v) is 9.16. The zero-order valence-corrected chi connectivity index (χ0v) is 16.3. The molecular formula is C22H24N4O2. The van der Waals surface area contributed by atoms with Crippen LogP contribution in [0.2, 0.25) is 0 Å². The van der Waals surface area contributed by atoms with Crippen LogP contribution in [0.1, 0.15) is 23.4 Å². The summed E-state index contributed by atoms with van der Waals surface area (Å²) in [5.41, 5.74) is 4.57. The third-order valence-electron chi connectivity index (χ3n) is 4.03. The fraction of sp³-hybridized carbons (Fsp3) is 0.227. The van der Waals surface area contributed by atoms with Crippen molar-refractivity contribution in [2.75, 3.05) is 17.2 Å². The highest BCUT2D eigenvalue weighted by molar-refractivity contribution is 5.91. The molecule has 6 heteroatoms. The number of aryl methyl sites for hydroxylation is 3. The van der Waals surface area contributed by atoms with Crippen molar-refractivity contribution in [3.63, 3.8) is 0 Å². The van der Waals surface area contributed by atoms with Gasteiger partial charge in [-0.3, -0.25) is 4.79 Å². The van der Waals surface area contributed by atoms with Gasteiger partial charge in [0.1, 0.15) is 5.75 Å².